The summed E-state index contributed by atoms with van der Waals surface area (Å²) in [5.41, 5.74) is 5.29. The van der Waals surface area contributed by atoms with Crippen molar-refractivity contribution in [1.82, 2.24) is 4.90 Å². The number of nitrogens with zero attached hydrogens (tertiary/aromatic N) is 1. The van der Waals surface area contributed by atoms with Gasteiger partial charge in [-0.3, -0.25) is 0 Å². The maximum Gasteiger partial charge on any atom is 0.202 e. The standard InChI is InChI=1S/C13H18F2N2O/c1-13(5-7-17(2)8-6-13)18-12-10(16)4-3-9(14)11(12)15/h3-4H,5-8,16H2,1-2H3. The van der Waals surface area contributed by atoms with Gasteiger partial charge < -0.3 is 15.4 Å². The molecule has 0 atom stereocenters. The van der Waals surface area contributed by atoms with Gasteiger partial charge in [-0.1, -0.05) is 0 Å². The maximum atomic E-state index is 13.7. The van der Waals surface area contributed by atoms with Crippen molar-refractivity contribution in [2.75, 3.05) is 25.9 Å². The number of halogens is 2. The molecule has 1 aliphatic heterocycles. The second kappa shape index (κ2) is 4.72. The van der Waals surface area contributed by atoms with Crippen molar-refractivity contribution in [2.24, 2.45) is 0 Å². The summed E-state index contributed by atoms with van der Waals surface area (Å²) in [7, 11) is 2.02. The molecule has 1 heterocycles. The van der Waals surface area contributed by atoms with Crippen molar-refractivity contribution in [3.05, 3.63) is 23.8 Å². The van der Waals surface area contributed by atoms with Gasteiger partial charge in [0.15, 0.2) is 11.6 Å². The smallest absolute Gasteiger partial charge is 0.202 e. The molecule has 100 valence electrons. The van der Waals surface area contributed by atoms with Crippen molar-refractivity contribution in [3.63, 3.8) is 0 Å². The third-order valence-electron chi connectivity index (χ3n) is 3.47. The van der Waals surface area contributed by atoms with E-state index in [1.54, 1.807) is 0 Å². The number of piperidine rings is 1. The van der Waals surface area contributed by atoms with Gasteiger partial charge in [-0.25, -0.2) is 4.39 Å². The summed E-state index contributed by atoms with van der Waals surface area (Å²) < 4.78 is 32.5. The summed E-state index contributed by atoms with van der Waals surface area (Å²) in [6, 6.07) is 2.33. The molecule has 0 amide bonds. The molecule has 1 aromatic carbocycles. The molecule has 0 saturated carbocycles. The summed E-state index contributed by atoms with van der Waals surface area (Å²) in [6.45, 7) is 3.64. The first kappa shape index (κ1) is 13.1. The van der Waals surface area contributed by atoms with Crippen molar-refractivity contribution in [3.8, 4) is 5.75 Å². The molecule has 0 unspecified atom stereocenters. The van der Waals surface area contributed by atoms with Gasteiger partial charge in [0.05, 0.1) is 5.69 Å². The quantitative estimate of drug-likeness (QED) is 0.826. The first-order chi connectivity index (χ1) is 8.41. The highest BCUT2D eigenvalue weighted by molar-refractivity contribution is 5.53. The van der Waals surface area contributed by atoms with E-state index in [2.05, 4.69) is 4.90 Å². The van der Waals surface area contributed by atoms with Crippen LogP contribution < -0.4 is 10.5 Å². The number of anilines is 1. The highest BCUT2D eigenvalue weighted by Gasteiger charge is 2.32. The summed E-state index contributed by atoms with van der Waals surface area (Å²) in [6.07, 6.45) is 1.53. The molecule has 0 spiro atoms. The zero-order chi connectivity index (χ0) is 13.3. The average Bonchev–Trinajstić information content (AvgIpc) is 2.34. The lowest BCUT2D eigenvalue weighted by Gasteiger charge is -2.38. The Kier molecular flexibility index (Phi) is 3.43. The fraction of sp³-hybridized carbons (Fsp3) is 0.538. The summed E-state index contributed by atoms with van der Waals surface area (Å²) in [4.78, 5) is 2.18. The molecule has 0 aromatic heterocycles. The molecule has 18 heavy (non-hydrogen) atoms. The molecule has 1 aromatic rings. The third-order valence-corrected chi connectivity index (χ3v) is 3.47. The van der Waals surface area contributed by atoms with E-state index in [4.69, 9.17) is 10.5 Å². The molecule has 1 fully saturated rings. The van der Waals surface area contributed by atoms with Crippen LogP contribution in [-0.2, 0) is 0 Å². The topological polar surface area (TPSA) is 38.5 Å². The van der Waals surface area contributed by atoms with E-state index in [-0.39, 0.29) is 11.4 Å². The molecule has 5 heteroatoms. The van der Waals surface area contributed by atoms with Crippen LogP contribution in [-0.4, -0.2) is 30.6 Å². The van der Waals surface area contributed by atoms with Crippen LogP contribution in [0, 0.1) is 11.6 Å². The monoisotopic (exact) mass is 256 g/mol. The van der Waals surface area contributed by atoms with Gasteiger partial charge in [0.1, 0.15) is 5.60 Å². The fourth-order valence-corrected chi connectivity index (χ4v) is 2.09. The lowest BCUT2D eigenvalue weighted by Crippen LogP contribution is -2.44. The predicted molar refractivity (Wildman–Crippen MR) is 66.5 cm³/mol. The minimum Gasteiger partial charge on any atom is -0.482 e. The first-order valence-corrected chi connectivity index (χ1v) is 6.02. The molecule has 3 nitrogen and oxygen atoms in total. The number of nitrogen functional groups attached to an aromatic ring is 1. The van der Waals surface area contributed by atoms with E-state index >= 15 is 0 Å². The highest BCUT2D eigenvalue weighted by atomic mass is 19.2. The largest absolute Gasteiger partial charge is 0.482 e. The second-order valence-corrected chi connectivity index (χ2v) is 5.13. The van der Waals surface area contributed by atoms with Gasteiger partial charge in [-0.2, -0.15) is 4.39 Å². The van der Waals surface area contributed by atoms with E-state index in [1.165, 1.54) is 6.07 Å². The lowest BCUT2D eigenvalue weighted by molar-refractivity contribution is 0.0211. The van der Waals surface area contributed by atoms with Crippen LogP contribution in [0.1, 0.15) is 19.8 Å². The zero-order valence-corrected chi connectivity index (χ0v) is 10.7. The highest BCUT2D eigenvalue weighted by Crippen LogP contribution is 2.34. The molecule has 2 rings (SSSR count). The molecular weight excluding hydrogens is 238 g/mol. The Balaban J connectivity index is 2.21. The Labute approximate surface area is 106 Å². The fourth-order valence-electron chi connectivity index (χ4n) is 2.09. The molecule has 0 aliphatic carbocycles. The maximum absolute atomic E-state index is 13.7. The second-order valence-electron chi connectivity index (χ2n) is 5.13. The molecule has 0 radical (unpaired) electrons. The van der Waals surface area contributed by atoms with Crippen LogP contribution in [0.15, 0.2) is 12.1 Å². The van der Waals surface area contributed by atoms with Crippen molar-refractivity contribution >= 4 is 5.69 Å². The number of rotatable bonds is 2. The molecule has 1 saturated heterocycles. The molecule has 1 aliphatic rings. The minimum atomic E-state index is -1.00. The van der Waals surface area contributed by atoms with Gasteiger partial charge in [-0.15, -0.1) is 0 Å². The average molecular weight is 256 g/mol. The van der Waals surface area contributed by atoms with Crippen molar-refractivity contribution in [2.45, 2.75) is 25.4 Å². The molecule has 0 bridgehead atoms. The molecular formula is C13H18F2N2O. The lowest BCUT2D eigenvalue weighted by atomic mass is 9.93. The number of benzene rings is 1. The Morgan fingerprint density at radius 1 is 1.28 bits per heavy atom. The van der Waals surface area contributed by atoms with Gasteiger partial charge >= 0.3 is 0 Å². The van der Waals surface area contributed by atoms with Crippen LogP contribution >= 0.6 is 0 Å². The third kappa shape index (κ3) is 2.56. The minimum absolute atomic E-state index is 0.133. The molecule has 2 N–H and O–H groups in total. The summed E-state index contributed by atoms with van der Waals surface area (Å²) >= 11 is 0. The summed E-state index contributed by atoms with van der Waals surface area (Å²) in [5.74, 6) is -2.10. The predicted octanol–water partition coefficient (Wildman–Crippen LogP) is 2.41. The SMILES string of the molecule is CN1CCC(C)(Oc2c(N)ccc(F)c2F)CC1. The Morgan fingerprint density at radius 2 is 1.89 bits per heavy atom. The Hall–Kier alpha value is -1.36. The van der Waals surface area contributed by atoms with Crippen LogP contribution in [0.3, 0.4) is 0 Å². The van der Waals surface area contributed by atoms with E-state index in [0.29, 0.717) is 0 Å². The normalized spacial score (nSPS) is 19.8. The van der Waals surface area contributed by atoms with E-state index in [1.807, 2.05) is 14.0 Å². The van der Waals surface area contributed by atoms with Gasteiger partial charge in [0.2, 0.25) is 5.82 Å². The van der Waals surface area contributed by atoms with E-state index in [0.717, 1.165) is 32.0 Å². The number of ether oxygens (including phenoxy) is 1. The number of nitrogens with two attached hydrogens (primary N) is 1. The number of hydrogen-bond donors (Lipinski definition) is 1. The van der Waals surface area contributed by atoms with Crippen LogP contribution in [0.2, 0.25) is 0 Å². The van der Waals surface area contributed by atoms with Crippen LogP contribution in [0.5, 0.6) is 5.75 Å². The van der Waals surface area contributed by atoms with Gasteiger partial charge in [0.25, 0.3) is 0 Å². The number of likely N-dealkylation sites (tertiary alicyclic amines) is 1. The van der Waals surface area contributed by atoms with E-state index in [9.17, 15) is 8.78 Å². The Morgan fingerprint density at radius 3 is 2.50 bits per heavy atom. The first-order valence-electron chi connectivity index (χ1n) is 6.02. The zero-order valence-electron chi connectivity index (χ0n) is 10.7. The van der Waals surface area contributed by atoms with Crippen molar-refractivity contribution < 1.29 is 13.5 Å². The van der Waals surface area contributed by atoms with Crippen molar-refractivity contribution in [1.29, 1.82) is 0 Å². The number of hydrogen-bond acceptors (Lipinski definition) is 3. The summed E-state index contributed by atoms with van der Waals surface area (Å²) in [5, 5.41) is 0. The van der Waals surface area contributed by atoms with Crippen LogP contribution in [0.4, 0.5) is 14.5 Å². The van der Waals surface area contributed by atoms with Crippen LogP contribution in [0.25, 0.3) is 0 Å². The Bertz CT molecular complexity index is 443. The van der Waals surface area contributed by atoms with Gasteiger partial charge in [-0.05, 0) is 38.9 Å². The van der Waals surface area contributed by atoms with E-state index < -0.39 is 17.2 Å². The van der Waals surface area contributed by atoms with Gasteiger partial charge in [0, 0.05) is 13.1 Å².